The van der Waals surface area contributed by atoms with E-state index in [2.05, 4.69) is 10.1 Å². The zero-order chi connectivity index (χ0) is 33.0. The van der Waals surface area contributed by atoms with Gasteiger partial charge in [-0.15, -0.1) is 0 Å². The first-order valence-electron chi connectivity index (χ1n) is 14.9. The summed E-state index contributed by atoms with van der Waals surface area (Å²) in [5.74, 6) is -3.40. The number of carbonyl (C=O) groups excluding carboxylic acids is 1. The van der Waals surface area contributed by atoms with Crippen molar-refractivity contribution in [3.8, 4) is 16.9 Å². The molecule has 2 heterocycles. The number of hydrogen-bond donors (Lipinski definition) is 2. The monoisotopic (exact) mass is 657 g/mol. The Morgan fingerprint density at radius 3 is 2.67 bits per heavy atom. The second-order valence-corrected chi connectivity index (χ2v) is 11.4. The molecule has 2 aromatic heterocycles. The van der Waals surface area contributed by atoms with Gasteiger partial charge in [-0.2, -0.15) is 5.10 Å². The van der Waals surface area contributed by atoms with Crippen LogP contribution in [0.3, 0.4) is 0 Å². The summed E-state index contributed by atoms with van der Waals surface area (Å²) in [6.07, 6.45) is 0.291. The molecule has 0 bridgehead atoms. The predicted octanol–water partition coefficient (Wildman–Crippen LogP) is 7.55. The molecule has 8 nitrogen and oxygen atoms in total. The fraction of sp³-hybridized carbons (Fsp3) is 0.353. The number of ether oxygens (including phenoxy) is 3. The number of halogens is 4. The van der Waals surface area contributed by atoms with E-state index in [9.17, 15) is 18.0 Å². The van der Waals surface area contributed by atoms with Crippen molar-refractivity contribution in [1.82, 2.24) is 14.8 Å². The number of hydrogen-bond acceptors (Lipinski definition) is 6. The van der Waals surface area contributed by atoms with E-state index in [0.717, 1.165) is 21.7 Å². The summed E-state index contributed by atoms with van der Waals surface area (Å²) in [6, 6.07) is 13.5. The third-order valence-corrected chi connectivity index (χ3v) is 8.14. The highest BCUT2D eigenvalue weighted by molar-refractivity contribution is 6.35. The van der Waals surface area contributed by atoms with Gasteiger partial charge in [0.2, 0.25) is 0 Å². The molecular formula is C34H35ClF3N3O5. The highest BCUT2D eigenvalue weighted by Gasteiger charge is 2.30. The van der Waals surface area contributed by atoms with Crippen molar-refractivity contribution in [3.05, 3.63) is 82.0 Å². The van der Waals surface area contributed by atoms with Crippen LogP contribution in [0.2, 0.25) is 5.02 Å². The number of aliphatic hydroxyl groups is 1. The van der Waals surface area contributed by atoms with Crippen LogP contribution in [0, 0.1) is 12.7 Å². The lowest BCUT2D eigenvalue weighted by Gasteiger charge is -2.15. The Morgan fingerprint density at radius 1 is 1.13 bits per heavy atom. The standard InChI is InChI=1S/C34H35ClF3N3O5/c1-4-45-33(43)32-24(8-6-16-46-28-9-5-7-21-17-22(36)10-11-23(21)28)25-12-13-26(35)30(31(25)39-32)29-20(2)41(3)40-27(29)18-44-19-34(37,38)14-15-42/h5,7,9-13,17,39,42H,4,6,8,14-16,18-19H2,1-3H3. The van der Waals surface area contributed by atoms with Gasteiger partial charge in [-0.25, -0.2) is 18.0 Å². The maximum Gasteiger partial charge on any atom is 0.355 e. The second-order valence-electron chi connectivity index (χ2n) is 11.0. The molecule has 244 valence electrons. The molecule has 0 fully saturated rings. The Hall–Kier alpha value is -4.06. The number of alkyl halides is 2. The first kappa shape index (κ1) is 33.3. The largest absolute Gasteiger partial charge is 0.493 e. The van der Waals surface area contributed by atoms with Gasteiger partial charge in [0, 0.05) is 47.7 Å². The van der Waals surface area contributed by atoms with Crippen molar-refractivity contribution in [2.45, 2.75) is 45.6 Å². The molecule has 0 aliphatic carbocycles. The third kappa shape index (κ3) is 7.01. The van der Waals surface area contributed by atoms with Gasteiger partial charge in [0.15, 0.2) is 0 Å². The van der Waals surface area contributed by atoms with Gasteiger partial charge < -0.3 is 24.3 Å². The maximum atomic E-state index is 14.0. The highest BCUT2D eigenvalue weighted by Crippen LogP contribution is 2.41. The van der Waals surface area contributed by atoms with Crippen molar-refractivity contribution in [2.75, 3.05) is 26.4 Å². The molecule has 0 radical (unpaired) electrons. The molecular weight excluding hydrogens is 623 g/mol. The first-order chi connectivity index (χ1) is 22.0. The fourth-order valence-corrected chi connectivity index (χ4v) is 5.84. The van der Waals surface area contributed by atoms with Gasteiger partial charge in [0.05, 0.1) is 36.1 Å². The topological polar surface area (TPSA) is 98.6 Å². The molecule has 12 heteroatoms. The summed E-state index contributed by atoms with van der Waals surface area (Å²) >= 11 is 6.79. The van der Waals surface area contributed by atoms with Crippen molar-refractivity contribution in [3.63, 3.8) is 0 Å². The van der Waals surface area contributed by atoms with Gasteiger partial charge in [0.25, 0.3) is 5.92 Å². The zero-order valence-electron chi connectivity index (χ0n) is 25.8. The van der Waals surface area contributed by atoms with Crippen LogP contribution in [0.5, 0.6) is 5.75 Å². The molecule has 0 atom stereocenters. The smallest absolute Gasteiger partial charge is 0.355 e. The average Bonchev–Trinajstić information content (AvgIpc) is 3.51. The third-order valence-electron chi connectivity index (χ3n) is 7.83. The number of esters is 1. The molecule has 0 aliphatic heterocycles. The molecule has 5 rings (SSSR count). The summed E-state index contributed by atoms with van der Waals surface area (Å²) in [6.45, 7) is 2.31. The lowest BCUT2D eigenvalue weighted by molar-refractivity contribution is -0.0936. The molecule has 0 saturated heterocycles. The summed E-state index contributed by atoms with van der Waals surface area (Å²) in [5.41, 5.74) is 3.84. The van der Waals surface area contributed by atoms with Crippen molar-refractivity contribution in [2.24, 2.45) is 7.05 Å². The van der Waals surface area contributed by atoms with Gasteiger partial charge in [-0.1, -0.05) is 29.8 Å². The van der Waals surface area contributed by atoms with Crippen LogP contribution in [0.4, 0.5) is 13.2 Å². The van der Waals surface area contributed by atoms with Gasteiger partial charge in [0.1, 0.15) is 23.9 Å². The first-order valence-corrected chi connectivity index (χ1v) is 15.3. The molecule has 2 N–H and O–H groups in total. The second kappa shape index (κ2) is 14.1. The van der Waals surface area contributed by atoms with Crippen LogP contribution in [0.1, 0.15) is 47.2 Å². The molecule has 46 heavy (non-hydrogen) atoms. The number of aromatic amines is 1. The lowest BCUT2D eigenvalue weighted by atomic mass is 9.98. The van der Waals surface area contributed by atoms with E-state index in [1.54, 1.807) is 36.9 Å². The molecule has 0 spiro atoms. The van der Waals surface area contributed by atoms with Crippen LogP contribution >= 0.6 is 11.6 Å². The van der Waals surface area contributed by atoms with Crippen molar-refractivity contribution in [1.29, 1.82) is 0 Å². The molecule has 5 aromatic rings. The quantitative estimate of drug-likeness (QED) is 0.0946. The highest BCUT2D eigenvalue weighted by atomic mass is 35.5. The van der Waals surface area contributed by atoms with Crippen LogP contribution in [0.15, 0.2) is 48.5 Å². The number of aromatic nitrogens is 3. The zero-order valence-corrected chi connectivity index (χ0v) is 26.5. The lowest BCUT2D eigenvalue weighted by Crippen LogP contribution is -2.25. The Balaban J connectivity index is 1.46. The van der Waals surface area contributed by atoms with Crippen molar-refractivity contribution < 1.29 is 37.3 Å². The Morgan fingerprint density at radius 2 is 1.91 bits per heavy atom. The minimum Gasteiger partial charge on any atom is -0.493 e. The van der Waals surface area contributed by atoms with Crippen LogP contribution < -0.4 is 4.74 Å². The maximum absolute atomic E-state index is 14.0. The van der Waals surface area contributed by atoms with Gasteiger partial charge in [-0.05, 0) is 68.0 Å². The average molecular weight is 658 g/mol. The van der Waals surface area contributed by atoms with Gasteiger partial charge >= 0.3 is 5.97 Å². The van der Waals surface area contributed by atoms with E-state index in [1.165, 1.54) is 12.1 Å². The number of benzene rings is 3. The number of carbonyl (C=O) groups is 1. The SMILES string of the molecule is CCOC(=O)c1[nH]c2c(-c3c(COCC(F)(F)CCO)nn(C)c3C)c(Cl)ccc2c1CCCOc1cccc2cc(F)ccc12. The molecule has 0 saturated carbocycles. The van der Waals surface area contributed by atoms with E-state index in [1.807, 2.05) is 25.1 Å². The van der Waals surface area contributed by atoms with E-state index < -0.39 is 31.5 Å². The van der Waals surface area contributed by atoms with Crippen LogP contribution in [-0.2, 0) is 29.5 Å². The number of aryl methyl sites for hydroxylation is 2. The number of rotatable bonds is 14. The van der Waals surface area contributed by atoms with E-state index in [-0.39, 0.29) is 24.7 Å². The Kier molecular flexibility index (Phi) is 10.2. The Bertz CT molecular complexity index is 1870. The fourth-order valence-electron chi connectivity index (χ4n) is 5.59. The molecule has 0 aliphatic rings. The number of aliphatic hydroxyl groups excluding tert-OH is 1. The van der Waals surface area contributed by atoms with E-state index in [0.29, 0.717) is 58.3 Å². The normalized spacial score (nSPS) is 11.9. The molecule has 0 unspecified atom stereocenters. The van der Waals surface area contributed by atoms with Crippen LogP contribution in [0.25, 0.3) is 32.8 Å². The summed E-state index contributed by atoms with van der Waals surface area (Å²) in [4.78, 5) is 16.4. The molecule has 0 amide bonds. The molecule has 3 aromatic carbocycles. The minimum absolute atomic E-state index is 0.177. The van der Waals surface area contributed by atoms with E-state index in [4.69, 9.17) is 30.9 Å². The summed E-state index contributed by atoms with van der Waals surface area (Å²) in [5, 5.41) is 16.1. The van der Waals surface area contributed by atoms with Gasteiger partial charge in [-0.3, -0.25) is 4.68 Å². The van der Waals surface area contributed by atoms with Crippen LogP contribution in [-0.4, -0.2) is 58.2 Å². The predicted molar refractivity (Wildman–Crippen MR) is 170 cm³/mol. The number of nitrogens with one attached hydrogen (secondary N) is 1. The van der Waals surface area contributed by atoms with Crippen molar-refractivity contribution >= 4 is 39.2 Å². The summed E-state index contributed by atoms with van der Waals surface area (Å²) < 4.78 is 60.1. The number of fused-ring (bicyclic) bond motifs is 2. The number of H-pyrrole nitrogens is 1. The summed E-state index contributed by atoms with van der Waals surface area (Å²) in [7, 11) is 1.73. The van der Waals surface area contributed by atoms with E-state index >= 15 is 0 Å². The number of nitrogens with zero attached hydrogens (tertiary/aromatic N) is 2. The minimum atomic E-state index is -3.19. The Labute approximate surface area is 269 Å².